The Morgan fingerprint density at radius 1 is 1.11 bits per heavy atom. The fraction of sp³-hybridized carbons (Fsp3) is 0.429. The first kappa shape index (κ1) is 18.4. The van der Waals surface area contributed by atoms with E-state index in [0.717, 1.165) is 29.8 Å². The van der Waals surface area contributed by atoms with Gasteiger partial charge in [-0.25, -0.2) is 14.7 Å². The maximum absolute atomic E-state index is 12.9. The van der Waals surface area contributed by atoms with Crippen LogP contribution in [0, 0.1) is 13.8 Å². The fourth-order valence-corrected chi connectivity index (χ4v) is 4.25. The number of Topliss-reactive ketones (excluding diaryl/α,β-unsaturated/α-hetero) is 1. The summed E-state index contributed by atoms with van der Waals surface area (Å²) in [5, 5.41) is 0. The number of ether oxygens (including phenoxy) is 1. The summed E-state index contributed by atoms with van der Waals surface area (Å²) in [5.74, 6) is -0.0815. The van der Waals surface area contributed by atoms with E-state index in [4.69, 9.17) is 4.74 Å². The third kappa shape index (κ3) is 2.91. The van der Waals surface area contributed by atoms with Gasteiger partial charge in [0.15, 0.2) is 5.60 Å². The zero-order chi connectivity index (χ0) is 19.9. The Balaban J connectivity index is 1.58. The minimum Gasteiger partial charge on any atom is -0.432 e. The SMILES string of the molecule is Cc1nc(C(=O)CN2C(=O)OC3(CCCCC3)C2=O)c(C)n1-c1ccccc1. The molecule has 0 radical (unpaired) electrons. The summed E-state index contributed by atoms with van der Waals surface area (Å²) in [5.41, 5.74) is 0.791. The summed E-state index contributed by atoms with van der Waals surface area (Å²) in [6.45, 7) is 3.29. The summed E-state index contributed by atoms with van der Waals surface area (Å²) >= 11 is 0. The summed E-state index contributed by atoms with van der Waals surface area (Å²) in [6, 6.07) is 9.62. The molecule has 1 aliphatic heterocycles. The molecule has 146 valence electrons. The zero-order valence-electron chi connectivity index (χ0n) is 16.1. The molecule has 7 heteroatoms. The van der Waals surface area contributed by atoms with E-state index in [9.17, 15) is 14.4 Å². The topological polar surface area (TPSA) is 81.5 Å². The Labute approximate surface area is 163 Å². The molecule has 2 amide bonds. The molecule has 0 atom stereocenters. The number of imide groups is 1. The van der Waals surface area contributed by atoms with Crippen LogP contribution < -0.4 is 0 Å². The molecule has 1 saturated carbocycles. The van der Waals surface area contributed by atoms with Gasteiger partial charge in [0.05, 0.1) is 12.2 Å². The van der Waals surface area contributed by atoms with Crippen LogP contribution in [0.3, 0.4) is 0 Å². The zero-order valence-corrected chi connectivity index (χ0v) is 16.1. The maximum Gasteiger partial charge on any atom is 0.418 e. The third-order valence-electron chi connectivity index (χ3n) is 5.65. The molecule has 1 aromatic heterocycles. The molecule has 2 aromatic rings. The largest absolute Gasteiger partial charge is 0.432 e. The van der Waals surface area contributed by atoms with Gasteiger partial charge in [-0.3, -0.25) is 9.59 Å². The molecule has 0 bridgehead atoms. The first-order valence-corrected chi connectivity index (χ1v) is 9.62. The van der Waals surface area contributed by atoms with Gasteiger partial charge in [-0.05, 0) is 51.7 Å². The molecule has 1 saturated heterocycles. The standard InChI is InChI=1S/C21H23N3O4/c1-14-18(22-15(2)24(14)16-9-5-3-6-10-16)17(25)13-23-19(26)21(28-20(23)27)11-7-4-8-12-21/h3,5-6,9-10H,4,7-8,11-13H2,1-2H3. The van der Waals surface area contributed by atoms with Gasteiger partial charge >= 0.3 is 6.09 Å². The predicted octanol–water partition coefficient (Wildman–Crippen LogP) is 3.35. The van der Waals surface area contributed by atoms with Crippen molar-refractivity contribution in [2.24, 2.45) is 0 Å². The van der Waals surface area contributed by atoms with Gasteiger partial charge in [0.1, 0.15) is 11.5 Å². The molecule has 2 fully saturated rings. The van der Waals surface area contributed by atoms with Crippen molar-refractivity contribution in [2.45, 2.75) is 51.6 Å². The number of para-hydroxylation sites is 1. The Kier molecular flexibility index (Phi) is 4.53. The van der Waals surface area contributed by atoms with Gasteiger partial charge < -0.3 is 9.30 Å². The number of hydrogen-bond acceptors (Lipinski definition) is 5. The van der Waals surface area contributed by atoms with Crippen LogP contribution >= 0.6 is 0 Å². The summed E-state index contributed by atoms with van der Waals surface area (Å²) in [4.78, 5) is 43.4. The lowest BCUT2D eigenvalue weighted by Gasteiger charge is -2.28. The first-order chi connectivity index (χ1) is 13.4. The number of carbonyl (C=O) groups is 3. The van der Waals surface area contributed by atoms with Gasteiger partial charge in [-0.2, -0.15) is 0 Å². The Morgan fingerprint density at radius 3 is 2.46 bits per heavy atom. The third-order valence-corrected chi connectivity index (χ3v) is 5.65. The highest BCUT2D eigenvalue weighted by atomic mass is 16.6. The van der Waals surface area contributed by atoms with E-state index in [-0.39, 0.29) is 23.9 Å². The normalized spacial score (nSPS) is 18.6. The summed E-state index contributed by atoms with van der Waals surface area (Å²) in [6.07, 6.45) is 3.06. The molecule has 0 unspecified atom stereocenters. The molecule has 1 spiro atoms. The van der Waals surface area contributed by atoms with E-state index >= 15 is 0 Å². The number of ketones is 1. The molecule has 4 rings (SSSR count). The molecular formula is C21H23N3O4. The molecule has 0 N–H and O–H groups in total. The van der Waals surface area contributed by atoms with Gasteiger partial charge in [-0.1, -0.05) is 24.6 Å². The average molecular weight is 381 g/mol. The van der Waals surface area contributed by atoms with Crippen LogP contribution in [-0.4, -0.2) is 44.4 Å². The van der Waals surface area contributed by atoms with Crippen molar-refractivity contribution in [1.82, 2.24) is 14.5 Å². The number of aryl methyl sites for hydroxylation is 1. The Bertz CT molecular complexity index is 942. The van der Waals surface area contributed by atoms with Gasteiger partial charge in [0, 0.05) is 5.69 Å². The van der Waals surface area contributed by atoms with Crippen LogP contribution in [0.5, 0.6) is 0 Å². The lowest BCUT2D eigenvalue weighted by molar-refractivity contribution is -0.139. The van der Waals surface area contributed by atoms with E-state index in [1.54, 1.807) is 0 Å². The Morgan fingerprint density at radius 2 is 1.79 bits per heavy atom. The van der Waals surface area contributed by atoms with E-state index in [0.29, 0.717) is 24.4 Å². The van der Waals surface area contributed by atoms with Crippen LogP contribution in [0.1, 0.15) is 54.1 Å². The molecule has 2 aliphatic rings. The molecule has 1 aliphatic carbocycles. The molecular weight excluding hydrogens is 358 g/mol. The number of nitrogens with zero attached hydrogens (tertiary/aromatic N) is 3. The second kappa shape index (κ2) is 6.89. The van der Waals surface area contributed by atoms with Crippen LogP contribution in [0.2, 0.25) is 0 Å². The van der Waals surface area contributed by atoms with E-state index < -0.39 is 11.7 Å². The quantitative estimate of drug-likeness (QED) is 0.759. The van der Waals surface area contributed by atoms with Crippen LogP contribution in [-0.2, 0) is 9.53 Å². The minimum atomic E-state index is -1.07. The predicted molar refractivity (Wildman–Crippen MR) is 101 cm³/mol. The van der Waals surface area contributed by atoms with Gasteiger partial charge in [0.2, 0.25) is 5.78 Å². The van der Waals surface area contributed by atoms with Gasteiger partial charge in [-0.15, -0.1) is 0 Å². The second-order valence-corrected chi connectivity index (χ2v) is 7.50. The number of aromatic nitrogens is 2. The van der Waals surface area contributed by atoms with Crippen molar-refractivity contribution in [2.75, 3.05) is 6.54 Å². The second-order valence-electron chi connectivity index (χ2n) is 7.50. The van der Waals surface area contributed by atoms with Crippen LogP contribution in [0.4, 0.5) is 4.79 Å². The number of hydrogen-bond donors (Lipinski definition) is 0. The molecule has 2 heterocycles. The van der Waals surface area contributed by atoms with E-state index in [1.165, 1.54) is 0 Å². The Hall–Kier alpha value is -2.96. The minimum absolute atomic E-state index is 0.270. The number of amides is 2. The van der Waals surface area contributed by atoms with Gasteiger partial charge in [0.25, 0.3) is 5.91 Å². The fourth-order valence-electron chi connectivity index (χ4n) is 4.25. The number of imidazole rings is 1. The average Bonchev–Trinajstić information content (AvgIpc) is 3.11. The van der Waals surface area contributed by atoms with Crippen molar-refractivity contribution in [3.8, 4) is 5.69 Å². The smallest absolute Gasteiger partial charge is 0.418 e. The number of benzene rings is 1. The number of carbonyl (C=O) groups excluding carboxylic acids is 3. The lowest BCUT2D eigenvalue weighted by atomic mass is 9.84. The first-order valence-electron chi connectivity index (χ1n) is 9.62. The summed E-state index contributed by atoms with van der Waals surface area (Å²) in [7, 11) is 0. The van der Waals surface area contributed by atoms with E-state index in [1.807, 2.05) is 48.7 Å². The molecule has 1 aromatic carbocycles. The van der Waals surface area contributed by atoms with Crippen molar-refractivity contribution in [3.05, 3.63) is 47.5 Å². The molecule has 7 nitrogen and oxygen atoms in total. The highest BCUT2D eigenvalue weighted by Crippen LogP contribution is 2.38. The van der Waals surface area contributed by atoms with Crippen molar-refractivity contribution in [3.63, 3.8) is 0 Å². The highest BCUT2D eigenvalue weighted by Gasteiger charge is 2.54. The van der Waals surface area contributed by atoms with Crippen molar-refractivity contribution < 1.29 is 19.1 Å². The van der Waals surface area contributed by atoms with Crippen LogP contribution in [0.15, 0.2) is 30.3 Å². The van der Waals surface area contributed by atoms with E-state index in [2.05, 4.69) is 4.98 Å². The van der Waals surface area contributed by atoms with Crippen molar-refractivity contribution in [1.29, 1.82) is 0 Å². The monoisotopic (exact) mass is 381 g/mol. The maximum atomic E-state index is 12.9. The molecule has 28 heavy (non-hydrogen) atoms. The number of rotatable bonds is 4. The highest BCUT2D eigenvalue weighted by molar-refractivity contribution is 6.08. The van der Waals surface area contributed by atoms with Crippen molar-refractivity contribution >= 4 is 17.8 Å². The lowest BCUT2D eigenvalue weighted by Crippen LogP contribution is -2.44. The van der Waals surface area contributed by atoms with Crippen LogP contribution in [0.25, 0.3) is 5.69 Å². The summed E-state index contributed by atoms with van der Waals surface area (Å²) < 4.78 is 7.33.